The van der Waals surface area contributed by atoms with Crippen molar-refractivity contribution >= 4 is 60.7 Å². The van der Waals surface area contributed by atoms with Crippen molar-refractivity contribution in [1.29, 1.82) is 0 Å². The first kappa shape index (κ1) is 34.6. The summed E-state index contributed by atoms with van der Waals surface area (Å²) in [5.41, 5.74) is 18.5. The van der Waals surface area contributed by atoms with Crippen molar-refractivity contribution in [2.24, 2.45) is 0 Å². The smallest absolute Gasteiger partial charge is 0.169 e. The first-order chi connectivity index (χ1) is 30.5. The van der Waals surface area contributed by atoms with E-state index in [1.54, 1.807) is 0 Å². The number of para-hydroxylation sites is 4. The molecule has 62 heavy (non-hydrogen) atoms. The summed E-state index contributed by atoms with van der Waals surface area (Å²) >= 11 is 0. The number of benzene rings is 7. The zero-order valence-electron chi connectivity index (χ0n) is 34.2. The average molecular weight is 800 g/mol. The second kappa shape index (κ2) is 12.9. The minimum atomic E-state index is 0.798. The number of hydrogen-bond acceptors (Lipinski definition) is 4. The summed E-state index contributed by atoms with van der Waals surface area (Å²) in [6.45, 7) is 6.47. The maximum atomic E-state index is 6.67. The summed E-state index contributed by atoms with van der Waals surface area (Å²) in [6, 6.07) is 59.6. The van der Waals surface area contributed by atoms with Crippen LogP contribution in [0.3, 0.4) is 0 Å². The third kappa shape index (κ3) is 4.80. The van der Waals surface area contributed by atoms with Crippen LogP contribution < -0.4 is 0 Å². The van der Waals surface area contributed by atoms with Crippen LogP contribution in [0.15, 0.2) is 174 Å². The monoisotopic (exact) mass is 799 g/mol. The van der Waals surface area contributed by atoms with Gasteiger partial charge in [0.2, 0.25) is 0 Å². The topological polar surface area (TPSA) is 70.0 Å². The van der Waals surface area contributed by atoms with Crippen LogP contribution in [0, 0.1) is 20.8 Å². The lowest BCUT2D eigenvalue weighted by Gasteiger charge is -2.07. The highest BCUT2D eigenvalue weighted by atomic mass is 16.3. The first-order valence-corrected chi connectivity index (χ1v) is 21.0. The number of nitrogens with zero attached hydrogens (tertiary/aromatic N) is 7. The lowest BCUT2D eigenvalue weighted by atomic mass is 9.99. The molecule has 0 aliphatic carbocycles. The van der Waals surface area contributed by atoms with Crippen LogP contribution in [0.4, 0.5) is 0 Å². The minimum Gasteiger partial charge on any atom is -0.455 e. The number of fused-ring (bicyclic) bond motifs is 12. The molecule has 6 heterocycles. The zero-order valence-corrected chi connectivity index (χ0v) is 34.2. The third-order valence-corrected chi connectivity index (χ3v) is 12.7. The number of hydrogen-bond donors (Lipinski definition) is 0. The molecule has 6 aromatic heterocycles. The molecule has 294 valence electrons. The second-order valence-corrected chi connectivity index (χ2v) is 16.3. The average Bonchev–Trinajstić information content (AvgIpc) is 4.13. The van der Waals surface area contributed by atoms with Crippen LogP contribution in [0.2, 0.25) is 0 Å². The third-order valence-electron chi connectivity index (χ3n) is 12.7. The molecule has 0 unspecified atom stereocenters. The Bertz CT molecular complexity index is 3940. The molecule has 0 spiro atoms. The predicted octanol–water partition coefficient (Wildman–Crippen LogP) is 13.2. The lowest BCUT2D eigenvalue weighted by molar-refractivity contribution is 0.669. The SMILES string of the molecule is Cc1cccc(C)c1-c1cc2n(n1)c1c(C)c(-c3ccc4c(c3)c3ccccc3n4-c3ccccc3)nn1c1c(-c3ccccc3)c(-c3cccc4c3oc3ccccc34)nn21. The van der Waals surface area contributed by atoms with Crippen molar-refractivity contribution in [3.05, 3.63) is 187 Å². The molecule has 0 bridgehead atoms. The van der Waals surface area contributed by atoms with Crippen molar-refractivity contribution in [1.82, 2.24) is 33.4 Å². The van der Waals surface area contributed by atoms with Gasteiger partial charge in [-0.15, -0.1) is 0 Å². The van der Waals surface area contributed by atoms with Crippen molar-refractivity contribution in [2.45, 2.75) is 20.8 Å². The number of furan rings is 1. The Balaban J connectivity index is 1.16. The summed E-state index contributed by atoms with van der Waals surface area (Å²) in [4.78, 5) is 0. The van der Waals surface area contributed by atoms with Crippen LogP contribution in [0.5, 0.6) is 0 Å². The van der Waals surface area contributed by atoms with Crippen molar-refractivity contribution in [3.8, 4) is 50.6 Å². The van der Waals surface area contributed by atoms with E-state index in [9.17, 15) is 0 Å². The number of aryl methyl sites for hydroxylation is 3. The van der Waals surface area contributed by atoms with Crippen molar-refractivity contribution in [3.63, 3.8) is 0 Å². The van der Waals surface area contributed by atoms with E-state index in [0.717, 1.165) is 117 Å². The summed E-state index contributed by atoms with van der Waals surface area (Å²) in [5.74, 6) is 0. The molecule has 13 aromatic rings. The van der Waals surface area contributed by atoms with Crippen LogP contribution in [-0.2, 0) is 0 Å². The van der Waals surface area contributed by atoms with Gasteiger partial charge in [0.05, 0.1) is 28.0 Å². The largest absolute Gasteiger partial charge is 0.455 e. The Labute approximate surface area is 355 Å². The molecule has 0 saturated heterocycles. The van der Waals surface area contributed by atoms with Gasteiger partial charge >= 0.3 is 0 Å². The van der Waals surface area contributed by atoms with E-state index in [2.05, 4.69) is 188 Å². The molecular weight excluding hydrogens is 763 g/mol. The fourth-order valence-electron chi connectivity index (χ4n) is 9.91. The maximum Gasteiger partial charge on any atom is 0.169 e. The fraction of sp³-hybridized carbons (Fsp3) is 0.0556. The van der Waals surface area contributed by atoms with E-state index < -0.39 is 0 Å². The summed E-state index contributed by atoms with van der Waals surface area (Å²) in [7, 11) is 0. The fourth-order valence-corrected chi connectivity index (χ4v) is 9.91. The standard InChI is InChI=1S/C54H37N7O/c1-32-16-14-17-33(2)48(32)43-31-47-59(55-43)53-34(3)50(36-28-29-45-42(30-36)38-22-10-12-26-44(38)58(45)37-20-8-5-9-21-37)56-61(53)54-49(35-18-6-4-7-19-35)51(57-60(47)54)41-25-15-24-40-39-23-11-13-27-46(39)62-52(40)41/h4-31H,1-3H3. The van der Waals surface area contributed by atoms with Crippen LogP contribution >= 0.6 is 0 Å². The van der Waals surface area contributed by atoms with Gasteiger partial charge in [-0.1, -0.05) is 121 Å². The Morgan fingerprint density at radius 1 is 0.452 bits per heavy atom. The molecule has 0 saturated carbocycles. The highest BCUT2D eigenvalue weighted by Crippen LogP contribution is 2.43. The Hall–Kier alpha value is -8.23. The van der Waals surface area contributed by atoms with Gasteiger partial charge in [0.15, 0.2) is 16.9 Å². The van der Waals surface area contributed by atoms with E-state index in [-0.39, 0.29) is 0 Å². The number of rotatable bonds is 5. The van der Waals surface area contributed by atoms with Gasteiger partial charge in [-0.25, -0.2) is 0 Å². The van der Waals surface area contributed by atoms with Crippen LogP contribution in [0.1, 0.15) is 16.7 Å². The lowest BCUT2D eigenvalue weighted by Crippen LogP contribution is -2.06. The van der Waals surface area contributed by atoms with Crippen molar-refractivity contribution < 1.29 is 4.42 Å². The van der Waals surface area contributed by atoms with Gasteiger partial charge < -0.3 is 8.98 Å². The molecule has 0 aliphatic rings. The molecule has 8 heteroatoms. The molecule has 8 nitrogen and oxygen atoms in total. The molecule has 0 fully saturated rings. The van der Waals surface area contributed by atoms with E-state index >= 15 is 0 Å². The van der Waals surface area contributed by atoms with Gasteiger partial charge in [0, 0.05) is 55.6 Å². The normalized spacial score (nSPS) is 12.1. The molecule has 0 amide bonds. The maximum absolute atomic E-state index is 6.67. The van der Waals surface area contributed by atoms with E-state index in [0.29, 0.717) is 0 Å². The van der Waals surface area contributed by atoms with Crippen LogP contribution in [0.25, 0.3) is 111 Å². The van der Waals surface area contributed by atoms with Gasteiger partial charge in [-0.05, 0) is 79.9 Å². The molecule has 0 N–H and O–H groups in total. The predicted molar refractivity (Wildman–Crippen MR) is 250 cm³/mol. The first-order valence-electron chi connectivity index (χ1n) is 21.0. The molecule has 7 aromatic carbocycles. The summed E-state index contributed by atoms with van der Waals surface area (Å²) < 4.78 is 15.1. The molecule has 0 atom stereocenters. The Kier molecular flexibility index (Phi) is 7.19. The van der Waals surface area contributed by atoms with E-state index in [1.165, 1.54) is 10.8 Å². The van der Waals surface area contributed by atoms with Gasteiger partial charge in [-0.2, -0.15) is 28.8 Å². The molecule has 0 radical (unpaired) electrons. The van der Waals surface area contributed by atoms with E-state index in [4.69, 9.17) is 19.7 Å². The molecular formula is C54H37N7O. The van der Waals surface area contributed by atoms with E-state index in [1.807, 2.05) is 21.2 Å². The van der Waals surface area contributed by atoms with Gasteiger partial charge in [-0.3, -0.25) is 0 Å². The van der Waals surface area contributed by atoms with Gasteiger partial charge in [0.25, 0.3) is 0 Å². The van der Waals surface area contributed by atoms with Crippen molar-refractivity contribution in [2.75, 3.05) is 0 Å². The van der Waals surface area contributed by atoms with Gasteiger partial charge in [0.1, 0.15) is 16.9 Å². The minimum absolute atomic E-state index is 0.798. The highest BCUT2D eigenvalue weighted by Gasteiger charge is 2.28. The Morgan fingerprint density at radius 2 is 1.11 bits per heavy atom. The highest BCUT2D eigenvalue weighted by molar-refractivity contribution is 6.12. The molecule has 13 rings (SSSR count). The zero-order chi connectivity index (χ0) is 41.2. The Morgan fingerprint density at radius 3 is 1.94 bits per heavy atom. The summed E-state index contributed by atoms with van der Waals surface area (Å²) in [6.07, 6.45) is 0. The molecule has 0 aliphatic heterocycles. The number of aromatic nitrogens is 7. The summed E-state index contributed by atoms with van der Waals surface area (Å²) in [5, 5.41) is 21.0. The quantitative estimate of drug-likeness (QED) is 0.174. The second-order valence-electron chi connectivity index (χ2n) is 16.3. The van der Waals surface area contributed by atoms with Crippen LogP contribution in [-0.4, -0.2) is 33.4 Å².